The SMILES string of the molecule is CS(=O)(=O)NCCNC(=O)C(=O)NCCN. The first-order valence-corrected chi connectivity index (χ1v) is 6.46. The van der Waals surface area contributed by atoms with E-state index in [0.29, 0.717) is 0 Å². The van der Waals surface area contributed by atoms with E-state index in [1.54, 1.807) is 0 Å². The molecule has 2 amide bonds. The molecule has 0 aliphatic carbocycles. The molecule has 16 heavy (non-hydrogen) atoms. The van der Waals surface area contributed by atoms with Gasteiger partial charge in [-0.2, -0.15) is 0 Å². The Hall–Kier alpha value is -1.19. The van der Waals surface area contributed by atoms with Crippen LogP contribution in [0.4, 0.5) is 0 Å². The van der Waals surface area contributed by atoms with Crippen LogP contribution in [0.3, 0.4) is 0 Å². The summed E-state index contributed by atoms with van der Waals surface area (Å²) < 4.78 is 23.4. The molecule has 0 heterocycles. The van der Waals surface area contributed by atoms with Crippen LogP contribution < -0.4 is 21.1 Å². The average molecular weight is 252 g/mol. The molecule has 0 aliphatic rings. The normalized spacial score (nSPS) is 10.9. The van der Waals surface area contributed by atoms with Crippen LogP contribution in [-0.4, -0.2) is 52.7 Å². The van der Waals surface area contributed by atoms with Crippen molar-refractivity contribution in [2.24, 2.45) is 5.73 Å². The standard InChI is InChI=1S/C7H16N4O4S/c1-16(14,15)11-5-4-10-7(13)6(12)9-3-2-8/h11H,2-5,8H2,1H3,(H,9,12)(H,10,13). The van der Waals surface area contributed by atoms with Crippen LogP contribution in [0.25, 0.3) is 0 Å². The lowest BCUT2D eigenvalue weighted by atomic mass is 10.5. The van der Waals surface area contributed by atoms with Crippen molar-refractivity contribution in [3.63, 3.8) is 0 Å². The second-order valence-electron chi connectivity index (χ2n) is 2.97. The average Bonchev–Trinajstić information content (AvgIpc) is 2.19. The summed E-state index contributed by atoms with van der Waals surface area (Å²) in [5.41, 5.74) is 5.12. The van der Waals surface area contributed by atoms with Gasteiger partial charge in [-0.1, -0.05) is 0 Å². The van der Waals surface area contributed by atoms with E-state index in [2.05, 4.69) is 15.4 Å². The van der Waals surface area contributed by atoms with E-state index < -0.39 is 21.8 Å². The Morgan fingerprint density at radius 1 is 1.06 bits per heavy atom. The molecular formula is C7H16N4O4S. The topological polar surface area (TPSA) is 130 Å². The van der Waals surface area contributed by atoms with Crippen molar-refractivity contribution in [3.05, 3.63) is 0 Å². The highest BCUT2D eigenvalue weighted by Gasteiger charge is 2.11. The van der Waals surface area contributed by atoms with Crippen LogP contribution in [0, 0.1) is 0 Å². The molecule has 8 nitrogen and oxygen atoms in total. The Labute approximate surface area is 94.0 Å². The molecule has 0 bridgehead atoms. The molecule has 0 saturated heterocycles. The summed E-state index contributed by atoms with van der Waals surface area (Å²) in [6.45, 7) is 0.541. The van der Waals surface area contributed by atoms with Crippen molar-refractivity contribution >= 4 is 21.8 Å². The zero-order chi connectivity index (χ0) is 12.6. The maximum Gasteiger partial charge on any atom is 0.309 e. The lowest BCUT2D eigenvalue weighted by molar-refractivity contribution is -0.139. The van der Waals surface area contributed by atoms with Gasteiger partial charge in [0.15, 0.2) is 0 Å². The molecule has 0 saturated carbocycles. The molecule has 0 aromatic heterocycles. The fourth-order valence-corrected chi connectivity index (χ4v) is 1.23. The molecule has 0 radical (unpaired) electrons. The van der Waals surface area contributed by atoms with Crippen molar-refractivity contribution in [2.75, 3.05) is 32.4 Å². The van der Waals surface area contributed by atoms with E-state index in [1.807, 2.05) is 0 Å². The van der Waals surface area contributed by atoms with Crippen LogP contribution in [-0.2, 0) is 19.6 Å². The Morgan fingerprint density at radius 3 is 2.00 bits per heavy atom. The van der Waals surface area contributed by atoms with Crippen molar-refractivity contribution in [1.82, 2.24) is 15.4 Å². The number of carbonyl (C=O) groups excluding carboxylic acids is 2. The Bertz CT molecular complexity index is 340. The summed E-state index contributed by atoms with van der Waals surface area (Å²) >= 11 is 0. The number of nitrogens with one attached hydrogen (secondary N) is 3. The molecule has 0 unspecified atom stereocenters. The molecule has 9 heteroatoms. The molecule has 5 N–H and O–H groups in total. The second-order valence-corrected chi connectivity index (χ2v) is 4.80. The minimum Gasteiger partial charge on any atom is -0.347 e. The highest BCUT2D eigenvalue weighted by molar-refractivity contribution is 7.88. The summed E-state index contributed by atoms with van der Waals surface area (Å²) in [5, 5.41) is 4.52. The second kappa shape index (κ2) is 7.14. The van der Waals surface area contributed by atoms with E-state index in [9.17, 15) is 18.0 Å². The zero-order valence-corrected chi connectivity index (χ0v) is 9.76. The fourth-order valence-electron chi connectivity index (χ4n) is 0.759. The minimum atomic E-state index is -3.27. The van der Waals surface area contributed by atoms with Crippen molar-refractivity contribution in [2.45, 2.75) is 0 Å². The smallest absolute Gasteiger partial charge is 0.309 e. The van der Waals surface area contributed by atoms with Gasteiger partial charge in [-0.25, -0.2) is 13.1 Å². The summed E-state index contributed by atoms with van der Waals surface area (Å²) in [5.74, 6) is -1.60. The molecule has 0 aliphatic heterocycles. The lowest BCUT2D eigenvalue weighted by Crippen LogP contribution is -2.43. The van der Waals surface area contributed by atoms with Gasteiger partial charge in [0, 0.05) is 26.2 Å². The maximum absolute atomic E-state index is 11.0. The summed E-state index contributed by atoms with van der Waals surface area (Å²) in [4.78, 5) is 22.0. The Kier molecular flexibility index (Phi) is 6.61. The first-order chi connectivity index (χ1) is 7.37. The maximum atomic E-state index is 11.0. The van der Waals surface area contributed by atoms with Crippen LogP contribution in [0.1, 0.15) is 0 Å². The molecule has 94 valence electrons. The molecule has 0 aromatic carbocycles. The van der Waals surface area contributed by atoms with Gasteiger partial charge >= 0.3 is 11.8 Å². The Morgan fingerprint density at radius 2 is 1.56 bits per heavy atom. The van der Waals surface area contributed by atoms with Crippen molar-refractivity contribution < 1.29 is 18.0 Å². The predicted molar refractivity (Wildman–Crippen MR) is 57.9 cm³/mol. The van der Waals surface area contributed by atoms with E-state index in [1.165, 1.54) is 0 Å². The number of carbonyl (C=O) groups is 2. The van der Waals surface area contributed by atoms with Crippen LogP contribution in [0.15, 0.2) is 0 Å². The van der Waals surface area contributed by atoms with Gasteiger partial charge in [-0.3, -0.25) is 9.59 Å². The van der Waals surface area contributed by atoms with Crippen LogP contribution in [0.2, 0.25) is 0 Å². The third kappa shape index (κ3) is 8.15. The highest BCUT2D eigenvalue weighted by atomic mass is 32.2. The van der Waals surface area contributed by atoms with Crippen LogP contribution in [0.5, 0.6) is 0 Å². The Balaban J connectivity index is 3.69. The third-order valence-electron chi connectivity index (χ3n) is 1.41. The summed E-state index contributed by atoms with van der Waals surface area (Å²) in [7, 11) is -3.27. The van der Waals surface area contributed by atoms with Gasteiger partial charge in [-0.15, -0.1) is 0 Å². The third-order valence-corrected chi connectivity index (χ3v) is 2.14. The fraction of sp³-hybridized carbons (Fsp3) is 0.714. The highest BCUT2D eigenvalue weighted by Crippen LogP contribution is 1.72. The van der Waals surface area contributed by atoms with Crippen LogP contribution >= 0.6 is 0 Å². The van der Waals surface area contributed by atoms with Gasteiger partial charge in [0.2, 0.25) is 10.0 Å². The number of amides is 2. The predicted octanol–water partition coefficient (Wildman–Crippen LogP) is -3.27. The van der Waals surface area contributed by atoms with E-state index in [4.69, 9.17) is 5.73 Å². The van der Waals surface area contributed by atoms with Gasteiger partial charge < -0.3 is 16.4 Å². The minimum absolute atomic E-state index is 0.0365. The molecule has 0 fully saturated rings. The number of hydrogen-bond acceptors (Lipinski definition) is 5. The quantitative estimate of drug-likeness (QED) is 0.291. The van der Waals surface area contributed by atoms with Gasteiger partial charge in [0.05, 0.1) is 6.26 Å². The summed E-state index contributed by atoms with van der Waals surface area (Å²) in [6, 6.07) is 0. The number of hydrogen-bond donors (Lipinski definition) is 4. The van der Waals surface area contributed by atoms with Crippen molar-refractivity contribution in [3.8, 4) is 0 Å². The van der Waals surface area contributed by atoms with E-state index in [0.717, 1.165) is 6.26 Å². The lowest BCUT2D eigenvalue weighted by Gasteiger charge is -2.05. The number of sulfonamides is 1. The molecule has 0 atom stereocenters. The zero-order valence-electron chi connectivity index (χ0n) is 8.95. The van der Waals surface area contributed by atoms with E-state index >= 15 is 0 Å². The van der Waals surface area contributed by atoms with E-state index in [-0.39, 0.29) is 26.2 Å². The number of rotatable bonds is 6. The molecule has 0 aromatic rings. The first-order valence-electron chi connectivity index (χ1n) is 4.57. The molecule has 0 spiro atoms. The van der Waals surface area contributed by atoms with Gasteiger partial charge in [0.1, 0.15) is 0 Å². The van der Waals surface area contributed by atoms with Gasteiger partial charge in [0.25, 0.3) is 0 Å². The molecular weight excluding hydrogens is 236 g/mol. The monoisotopic (exact) mass is 252 g/mol. The largest absolute Gasteiger partial charge is 0.347 e. The van der Waals surface area contributed by atoms with Crippen molar-refractivity contribution in [1.29, 1.82) is 0 Å². The first kappa shape index (κ1) is 14.8. The summed E-state index contributed by atoms with van der Waals surface area (Å²) in [6.07, 6.45) is 1.00. The van der Waals surface area contributed by atoms with Gasteiger partial charge in [-0.05, 0) is 0 Å². The number of nitrogens with two attached hydrogens (primary N) is 1. The molecule has 0 rings (SSSR count).